The molecule has 1 unspecified atom stereocenters. The molecule has 3 aliphatic carbocycles. The van der Waals surface area contributed by atoms with E-state index in [0.29, 0.717) is 49.7 Å². The molecule has 0 radical (unpaired) electrons. The number of aliphatic hydroxyl groups is 3. The largest absolute Gasteiger partial charge is 0.508 e. The van der Waals surface area contributed by atoms with Gasteiger partial charge in [-0.3, -0.25) is 19.3 Å². The van der Waals surface area contributed by atoms with Crippen LogP contribution in [0.2, 0.25) is 0 Å². The average molecular weight is 546 g/mol. The van der Waals surface area contributed by atoms with E-state index >= 15 is 0 Å². The van der Waals surface area contributed by atoms with E-state index < -0.39 is 52.0 Å². The number of Topliss-reactive ketones (excluding diaryl/α,β-unsaturated/α-hetero) is 2. The lowest BCUT2D eigenvalue weighted by Gasteiger charge is -2.46. The molecule has 1 heterocycles. The molecule has 1 aromatic carbocycles. The summed E-state index contributed by atoms with van der Waals surface area (Å²) in [6, 6.07) is 1.65. The first-order valence-corrected chi connectivity index (χ1v) is 13.5. The molecular formula is C28H39N3O8. The van der Waals surface area contributed by atoms with E-state index in [-0.39, 0.29) is 36.1 Å². The minimum Gasteiger partial charge on any atom is -0.508 e. The average Bonchev–Trinajstić information content (AvgIpc) is 2.92. The van der Waals surface area contributed by atoms with Crippen LogP contribution in [0, 0.1) is 11.8 Å². The summed E-state index contributed by atoms with van der Waals surface area (Å²) in [6.45, 7) is 10.8. The molecule has 11 heteroatoms. The fourth-order valence-electron chi connectivity index (χ4n) is 5.90. The Morgan fingerprint density at radius 1 is 1.10 bits per heavy atom. The number of aromatic hydroxyl groups is 1. The van der Waals surface area contributed by atoms with Gasteiger partial charge in [0, 0.05) is 48.8 Å². The molecule has 3 atom stereocenters. The van der Waals surface area contributed by atoms with Gasteiger partial charge in [0.2, 0.25) is 5.78 Å². The molecule has 2 fully saturated rings. The van der Waals surface area contributed by atoms with Gasteiger partial charge in [0.25, 0.3) is 5.91 Å². The number of carbonyl (C=O) groups excluding carboxylic acids is 3. The number of fused-ring (bicyclic) bond motifs is 3. The number of primary amides is 1. The lowest BCUT2D eigenvalue weighted by atomic mass is 9.59. The van der Waals surface area contributed by atoms with E-state index in [2.05, 4.69) is 4.90 Å². The number of hydrogen-bond acceptors (Lipinski definition) is 10. The van der Waals surface area contributed by atoms with E-state index in [1.165, 1.54) is 0 Å². The number of nitrogen functional groups attached to an aromatic ring is 1. The highest BCUT2D eigenvalue weighted by atomic mass is 16.5. The summed E-state index contributed by atoms with van der Waals surface area (Å²) in [6.07, 6.45) is -0.106. The highest BCUT2D eigenvalue weighted by molar-refractivity contribution is 6.22. The molecule has 1 saturated heterocycles. The highest BCUT2D eigenvalue weighted by Gasteiger charge is 2.60. The van der Waals surface area contributed by atoms with Crippen LogP contribution in [0.3, 0.4) is 0 Å². The summed E-state index contributed by atoms with van der Waals surface area (Å²) in [5.74, 6) is -6.50. The Morgan fingerprint density at radius 2 is 1.72 bits per heavy atom. The fourth-order valence-corrected chi connectivity index (χ4v) is 5.90. The Balaban J connectivity index is 0.00000100. The maximum Gasteiger partial charge on any atom is 0.255 e. The van der Waals surface area contributed by atoms with Crippen LogP contribution in [0.25, 0.3) is 5.76 Å². The van der Waals surface area contributed by atoms with E-state index in [9.17, 15) is 34.8 Å². The third-order valence-electron chi connectivity index (χ3n) is 7.67. The summed E-state index contributed by atoms with van der Waals surface area (Å²) < 4.78 is 5.35. The number of ether oxygens (including phenoxy) is 1. The van der Waals surface area contributed by atoms with Gasteiger partial charge in [-0.25, -0.2) is 0 Å². The number of aliphatic hydroxyl groups excluding tert-OH is 2. The number of nitrogens with zero attached hydrogens (tertiary/aromatic N) is 1. The molecule has 1 amide bonds. The van der Waals surface area contributed by atoms with E-state index in [1.807, 2.05) is 27.7 Å². The first-order valence-electron chi connectivity index (χ1n) is 13.5. The topological polar surface area (TPSA) is 197 Å². The predicted octanol–water partition coefficient (Wildman–Crippen LogP) is 1.89. The van der Waals surface area contributed by atoms with Gasteiger partial charge in [0.1, 0.15) is 22.8 Å². The number of phenolic OH excluding ortho intramolecular Hbond substituents is 1. The third-order valence-corrected chi connectivity index (χ3v) is 7.67. The molecule has 0 bridgehead atoms. The van der Waals surface area contributed by atoms with Crippen LogP contribution in [-0.2, 0) is 32.1 Å². The maximum absolute atomic E-state index is 13.6. The maximum atomic E-state index is 13.6. The predicted molar refractivity (Wildman–Crippen MR) is 145 cm³/mol. The van der Waals surface area contributed by atoms with E-state index in [1.54, 1.807) is 6.07 Å². The molecule has 8 N–H and O–H groups in total. The fraction of sp³-hybridized carbons (Fsp3) is 0.536. The molecular weight excluding hydrogens is 506 g/mol. The quantitative estimate of drug-likeness (QED) is 0.185. The second-order valence-corrected chi connectivity index (χ2v) is 9.62. The van der Waals surface area contributed by atoms with Gasteiger partial charge in [-0.05, 0) is 30.4 Å². The standard InChI is InChI=1S/C24H27N3O8.2C2H6/c25-14-7-11(9-27-1-3-35-4-2-27)19(29)17-13(14)6-10-5-12-8-15(28)18(23(26)33)22(32)24(12,34)21(31)16(10)20(17)30;2*1-2/h7,10,12,29-30,32,34H,1-6,8-9,25H2,(H2,26,33);2*1-2H3/t10?,12-,24-;;/m0../s1. The number of carbonyl (C=O) groups is 3. The molecule has 0 aromatic heterocycles. The summed E-state index contributed by atoms with van der Waals surface area (Å²) in [4.78, 5) is 39.8. The molecule has 5 rings (SSSR count). The van der Waals surface area contributed by atoms with Crippen LogP contribution >= 0.6 is 0 Å². The van der Waals surface area contributed by atoms with Gasteiger partial charge in [-0.15, -0.1) is 0 Å². The molecule has 0 spiro atoms. The number of hydrogen-bond donors (Lipinski definition) is 6. The Morgan fingerprint density at radius 3 is 2.31 bits per heavy atom. The number of nitrogens with two attached hydrogens (primary N) is 2. The van der Waals surface area contributed by atoms with Crippen molar-refractivity contribution in [3.63, 3.8) is 0 Å². The SMILES string of the molecule is CC.CC.NC(=O)C1=C(O)[C@@]2(O)C(=O)C3=C(O)c4c(O)c(CN5CCOCC5)cc(N)c4CC3C[C@H]2CC1=O. The van der Waals surface area contributed by atoms with Crippen molar-refractivity contribution in [3.8, 4) is 5.75 Å². The lowest BCUT2D eigenvalue weighted by molar-refractivity contribution is -0.147. The smallest absolute Gasteiger partial charge is 0.255 e. The van der Waals surface area contributed by atoms with Crippen molar-refractivity contribution in [3.05, 3.63) is 39.7 Å². The number of anilines is 1. The minimum absolute atomic E-state index is 0.0142. The van der Waals surface area contributed by atoms with Crippen LogP contribution in [0.4, 0.5) is 5.69 Å². The molecule has 1 aliphatic heterocycles. The number of amides is 1. The molecule has 1 aromatic rings. The van der Waals surface area contributed by atoms with Crippen LogP contribution in [0.15, 0.2) is 23.0 Å². The monoisotopic (exact) mass is 545 g/mol. The van der Waals surface area contributed by atoms with E-state index in [0.717, 1.165) is 0 Å². The molecule has 11 nitrogen and oxygen atoms in total. The van der Waals surface area contributed by atoms with Gasteiger partial charge in [0.15, 0.2) is 11.4 Å². The van der Waals surface area contributed by atoms with Gasteiger partial charge >= 0.3 is 0 Å². The van der Waals surface area contributed by atoms with E-state index in [4.69, 9.17) is 16.2 Å². The third kappa shape index (κ3) is 4.90. The first kappa shape index (κ1) is 30.1. The van der Waals surface area contributed by atoms with Crippen molar-refractivity contribution in [2.24, 2.45) is 17.6 Å². The normalized spacial score (nSPS) is 26.4. The Bertz CT molecular complexity index is 1230. The van der Waals surface area contributed by atoms with Gasteiger partial charge in [-0.2, -0.15) is 0 Å². The summed E-state index contributed by atoms with van der Waals surface area (Å²) in [5, 5.41) is 44.2. The highest BCUT2D eigenvalue weighted by Crippen LogP contribution is 2.53. The van der Waals surface area contributed by atoms with Crippen molar-refractivity contribution in [1.82, 2.24) is 4.90 Å². The number of phenols is 1. The van der Waals surface area contributed by atoms with Crippen LogP contribution in [0.5, 0.6) is 5.75 Å². The second kappa shape index (κ2) is 11.8. The van der Waals surface area contributed by atoms with Crippen molar-refractivity contribution in [2.75, 3.05) is 32.0 Å². The molecule has 39 heavy (non-hydrogen) atoms. The zero-order valence-electron chi connectivity index (χ0n) is 22.9. The van der Waals surface area contributed by atoms with Gasteiger partial charge < -0.3 is 36.6 Å². The van der Waals surface area contributed by atoms with Gasteiger partial charge in [0.05, 0.1) is 18.8 Å². The minimum atomic E-state index is -2.58. The first-order chi connectivity index (χ1) is 18.6. The number of ketones is 2. The van der Waals surface area contributed by atoms with Crippen molar-refractivity contribution in [2.45, 2.75) is 59.1 Å². The molecule has 1 saturated carbocycles. The van der Waals surface area contributed by atoms with Crippen LogP contribution in [-0.4, -0.2) is 74.7 Å². The Labute approximate surface area is 227 Å². The van der Waals surface area contributed by atoms with Crippen molar-refractivity contribution in [1.29, 1.82) is 0 Å². The Hall–Kier alpha value is -3.41. The second-order valence-electron chi connectivity index (χ2n) is 9.62. The van der Waals surface area contributed by atoms with Crippen LogP contribution in [0.1, 0.15) is 57.2 Å². The van der Waals surface area contributed by atoms with Crippen LogP contribution < -0.4 is 11.5 Å². The summed E-state index contributed by atoms with van der Waals surface area (Å²) in [5.41, 5.74) is 9.24. The van der Waals surface area contributed by atoms with Crippen molar-refractivity contribution < 1.29 is 39.5 Å². The lowest BCUT2D eigenvalue weighted by Crippen LogP contribution is -2.58. The zero-order valence-corrected chi connectivity index (χ0v) is 22.9. The number of morpholine rings is 1. The van der Waals surface area contributed by atoms with Gasteiger partial charge in [-0.1, -0.05) is 27.7 Å². The summed E-state index contributed by atoms with van der Waals surface area (Å²) in [7, 11) is 0. The molecule has 214 valence electrons. The summed E-state index contributed by atoms with van der Waals surface area (Å²) >= 11 is 0. The molecule has 4 aliphatic rings. The van der Waals surface area contributed by atoms with Crippen molar-refractivity contribution >= 4 is 28.9 Å². The number of rotatable bonds is 3. The Kier molecular flexibility index (Phi) is 9.09. The zero-order chi connectivity index (χ0) is 29.2. The number of benzene rings is 1.